The summed E-state index contributed by atoms with van der Waals surface area (Å²) in [5.74, 6) is 0. The van der Waals surface area contributed by atoms with Gasteiger partial charge in [-0.05, 0) is 29.9 Å². The summed E-state index contributed by atoms with van der Waals surface area (Å²) in [7, 11) is 0. The minimum Gasteiger partial charge on any atom is -0.310 e. The van der Waals surface area contributed by atoms with Gasteiger partial charge in [-0.25, -0.2) is 0 Å². The molecule has 0 saturated carbocycles. The van der Waals surface area contributed by atoms with Crippen molar-refractivity contribution in [3.8, 4) is 0 Å². The van der Waals surface area contributed by atoms with Gasteiger partial charge in [0.05, 0.1) is 0 Å². The first-order valence-electron chi connectivity index (χ1n) is 8.28. The maximum atomic E-state index is 4.28. The normalized spacial score (nSPS) is 23.2. The third-order valence-electron chi connectivity index (χ3n) is 5.21. The topological polar surface area (TPSA) is 28.2 Å². The second kappa shape index (κ2) is 6.45. The van der Waals surface area contributed by atoms with E-state index in [1.54, 1.807) is 0 Å². The molecule has 0 bridgehead atoms. The number of hydrogen-bond acceptors (Lipinski definition) is 3. The van der Waals surface area contributed by atoms with E-state index in [1.165, 1.54) is 18.4 Å². The van der Waals surface area contributed by atoms with Gasteiger partial charge >= 0.3 is 0 Å². The molecule has 1 unspecified atom stereocenters. The van der Waals surface area contributed by atoms with Crippen LogP contribution in [0.1, 0.15) is 53.0 Å². The van der Waals surface area contributed by atoms with Crippen LogP contribution in [0.4, 0.5) is 0 Å². The average molecular weight is 289 g/mol. The monoisotopic (exact) mass is 289 g/mol. The van der Waals surface area contributed by atoms with Crippen molar-refractivity contribution in [1.29, 1.82) is 0 Å². The highest BCUT2D eigenvalue weighted by Gasteiger charge is 2.41. The first kappa shape index (κ1) is 16.4. The molecule has 21 heavy (non-hydrogen) atoms. The first-order chi connectivity index (χ1) is 9.91. The molecule has 1 atom stereocenters. The third kappa shape index (κ3) is 3.64. The largest absolute Gasteiger partial charge is 0.310 e. The van der Waals surface area contributed by atoms with Gasteiger partial charge in [-0.2, -0.15) is 0 Å². The van der Waals surface area contributed by atoms with E-state index in [4.69, 9.17) is 0 Å². The lowest BCUT2D eigenvalue weighted by atomic mass is 9.80. The number of hydrogen-bond donors (Lipinski definition) is 1. The van der Waals surface area contributed by atoms with Crippen molar-refractivity contribution in [2.24, 2.45) is 5.41 Å². The molecule has 1 aliphatic rings. The van der Waals surface area contributed by atoms with Crippen molar-refractivity contribution < 1.29 is 0 Å². The molecule has 0 aliphatic carbocycles. The summed E-state index contributed by atoms with van der Waals surface area (Å²) in [6.45, 7) is 14.8. The molecule has 3 nitrogen and oxygen atoms in total. The lowest BCUT2D eigenvalue weighted by Crippen LogP contribution is -2.66. The number of aromatic nitrogens is 1. The van der Waals surface area contributed by atoms with Crippen molar-refractivity contribution in [1.82, 2.24) is 15.2 Å². The Hall–Kier alpha value is -0.930. The highest BCUT2D eigenvalue weighted by Crippen LogP contribution is 2.32. The smallest absolute Gasteiger partial charge is 0.0333 e. The molecule has 1 fully saturated rings. The van der Waals surface area contributed by atoms with Crippen LogP contribution in [-0.2, 0) is 6.54 Å². The zero-order valence-corrected chi connectivity index (χ0v) is 14.3. The van der Waals surface area contributed by atoms with Crippen molar-refractivity contribution in [3.63, 3.8) is 0 Å². The van der Waals surface area contributed by atoms with Crippen LogP contribution in [-0.4, -0.2) is 34.6 Å². The quantitative estimate of drug-likeness (QED) is 0.920. The highest BCUT2D eigenvalue weighted by molar-refractivity contribution is 5.11. The summed E-state index contributed by atoms with van der Waals surface area (Å²) in [4.78, 5) is 6.97. The predicted molar refractivity (Wildman–Crippen MR) is 89.2 cm³/mol. The number of rotatable bonds is 4. The van der Waals surface area contributed by atoms with Crippen molar-refractivity contribution in [2.75, 3.05) is 13.1 Å². The summed E-state index contributed by atoms with van der Waals surface area (Å²) in [5, 5.41) is 3.81. The second-order valence-corrected chi connectivity index (χ2v) is 7.47. The molecule has 3 heteroatoms. The van der Waals surface area contributed by atoms with Gasteiger partial charge in [-0.15, -0.1) is 0 Å². The second-order valence-electron chi connectivity index (χ2n) is 7.47. The van der Waals surface area contributed by atoms with Crippen LogP contribution in [0.15, 0.2) is 24.5 Å². The van der Waals surface area contributed by atoms with Crippen molar-refractivity contribution >= 4 is 0 Å². The zero-order valence-electron chi connectivity index (χ0n) is 14.3. The van der Waals surface area contributed by atoms with Gasteiger partial charge in [0.2, 0.25) is 0 Å². The van der Waals surface area contributed by atoms with Gasteiger partial charge in [0.15, 0.2) is 0 Å². The minimum atomic E-state index is 0.275. The summed E-state index contributed by atoms with van der Waals surface area (Å²) in [5.41, 5.74) is 1.89. The van der Waals surface area contributed by atoms with Crippen molar-refractivity contribution in [3.05, 3.63) is 30.1 Å². The van der Waals surface area contributed by atoms with Gasteiger partial charge in [-0.1, -0.05) is 40.7 Å². The first-order valence-corrected chi connectivity index (χ1v) is 8.28. The van der Waals surface area contributed by atoms with Crippen LogP contribution in [0.5, 0.6) is 0 Å². The Kier molecular flexibility index (Phi) is 5.05. The Morgan fingerprint density at radius 1 is 1.33 bits per heavy atom. The molecule has 0 spiro atoms. The van der Waals surface area contributed by atoms with Gasteiger partial charge in [0, 0.05) is 43.6 Å². The molecular weight excluding hydrogens is 258 g/mol. The van der Waals surface area contributed by atoms with E-state index in [-0.39, 0.29) is 5.54 Å². The van der Waals surface area contributed by atoms with E-state index in [2.05, 4.69) is 55.9 Å². The van der Waals surface area contributed by atoms with Crippen LogP contribution in [0.3, 0.4) is 0 Å². The lowest BCUT2D eigenvalue weighted by Gasteiger charge is -2.52. The zero-order chi connectivity index (χ0) is 15.5. The molecule has 0 amide bonds. The Balaban J connectivity index is 2.21. The Morgan fingerprint density at radius 2 is 2.05 bits per heavy atom. The molecule has 0 aromatic carbocycles. The Labute approximate surface area is 130 Å². The number of nitrogens with zero attached hydrogens (tertiary/aromatic N) is 2. The SMILES string of the molecule is CCC1(CC)CNC(C(C)(C)C)CN1Cc1cccnc1. The van der Waals surface area contributed by atoms with E-state index in [1.807, 2.05) is 18.5 Å². The standard InChI is InChI=1S/C18H31N3/c1-6-18(7-2)14-20-16(17(3,4)5)13-21(18)12-15-9-8-10-19-11-15/h8-11,16,20H,6-7,12-14H2,1-5H3. The fraction of sp³-hybridized carbons (Fsp3) is 0.722. The molecule has 1 aromatic rings. The van der Waals surface area contributed by atoms with Crippen molar-refractivity contribution in [2.45, 2.75) is 65.6 Å². The van der Waals surface area contributed by atoms with Gasteiger partial charge in [0.1, 0.15) is 0 Å². The fourth-order valence-electron chi connectivity index (χ4n) is 3.38. The maximum Gasteiger partial charge on any atom is 0.0333 e. The molecule has 1 saturated heterocycles. The van der Waals surface area contributed by atoms with E-state index >= 15 is 0 Å². The molecule has 1 N–H and O–H groups in total. The van der Waals surface area contributed by atoms with Gasteiger partial charge in [-0.3, -0.25) is 9.88 Å². The van der Waals surface area contributed by atoms with Crippen LogP contribution in [0.25, 0.3) is 0 Å². The number of nitrogens with one attached hydrogen (secondary N) is 1. The van der Waals surface area contributed by atoms with Crippen LogP contribution < -0.4 is 5.32 Å². The fourth-order valence-corrected chi connectivity index (χ4v) is 3.38. The summed E-state index contributed by atoms with van der Waals surface area (Å²) < 4.78 is 0. The van der Waals surface area contributed by atoms with Gasteiger partial charge < -0.3 is 5.32 Å². The molecular formula is C18H31N3. The number of piperazine rings is 1. The molecule has 0 radical (unpaired) electrons. The van der Waals surface area contributed by atoms with Crippen LogP contribution >= 0.6 is 0 Å². The molecule has 1 aromatic heterocycles. The maximum absolute atomic E-state index is 4.28. The summed E-state index contributed by atoms with van der Waals surface area (Å²) >= 11 is 0. The Morgan fingerprint density at radius 3 is 2.57 bits per heavy atom. The van der Waals surface area contributed by atoms with Gasteiger partial charge in [0.25, 0.3) is 0 Å². The molecule has 2 rings (SSSR count). The third-order valence-corrected chi connectivity index (χ3v) is 5.21. The predicted octanol–water partition coefficient (Wildman–Crippen LogP) is 3.46. The van der Waals surface area contributed by atoms with E-state index in [0.717, 1.165) is 19.6 Å². The van der Waals surface area contributed by atoms with Crippen LogP contribution in [0.2, 0.25) is 0 Å². The number of pyridine rings is 1. The van der Waals surface area contributed by atoms with E-state index in [9.17, 15) is 0 Å². The highest BCUT2D eigenvalue weighted by atomic mass is 15.3. The molecule has 2 heterocycles. The molecule has 118 valence electrons. The minimum absolute atomic E-state index is 0.275. The molecule has 1 aliphatic heterocycles. The van der Waals surface area contributed by atoms with E-state index in [0.29, 0.717) is 11.5 Å². The summed E-state index contributed by atoms with van der Waals surface area (Å²) in [6, 6.07) is 4.77. The summed E-state index contributed by atoms with van der Waals surface area (Å²) in [6.07, 6.45) is 6.23. The van der Waals surface area contributed by atoms with Crippen LogP contribution in [0, 0.1) is 5.41 Å². The Bertz CT molecular complexity index is 432. The average Bonchev–Trinajstić information content (AvgIpc) is 2.47. The van der Waals surface area contributed by atoms with E-state index < -0.39 is 0 Å². The lowest BCUT2D eigenvalue weighted by molar-refractivity contribution is 0.00140.